The Balaban J connectivity index is 1.21. The minimum absolute atomic E-state index is 0.00255. The topological polar surface area (TPSA) is 8.17 Å². The molecule has 91 heavy (non-hydrogen) atoms. The summed E-state index contributed by atoms with van der Waals surface area (Å²) in [4.78, 5) is 2.73. The first-order valence-electron chi connectivity index (χ1n) is 32.7. The molecule has 3 heteroatoms. The molecule has 15 rings (SSSR count). The fraction of sp³-hybridized carbons (Fsp3) is 0.182. The van der Waals surface area contributed by atoms with Crippen LogP contribution in [0, 0.1) is 0 Å². The van der Waals surface area contributed by atoms with E-state index in [1.165, 1.54) is 127 Å². The van der Waals surface area contributed by atoms with Crippen LogP contribution in [0.4, 0.5) is 17.1 Å². The molecule has 3 heterocycles. The first kappa shape index (κ1) is 57.7. The van der Waals surface area contributed by atoms with E-state index >= 15 is 0 Å². The quantitative estimate of drug-likeness (QED) is 0.151. The summed E-state index contributed by atoms with van der Waals surface area (Å²) >= 11 is 0. The van der Waals surface area contributed by atoms with Gasteiger partial charge in [0.15, 0.2) is 0 Å². The molecular formula is C88H79BN2. The van der Waals surface area contributed by atoms with Crippen molar-refractivity contribution in [3.05, 3.63) is 283 Å². The third-order valence-electron chi connectivity index (χ3n) is 19.6. The standard InChI is InChI=1S/C88H79BN2/c1-85(2,3)64-42-40-57(41-43-64)62-50-75-71-37-25-23-35-69(71)68-34-22-24-36-70(68)72-38-26-27-39-78(72)90-80-52-63(60-46-66(87(7,8)9)54-67(47-60)88(10,11)12)53-81-82(80)89(77(51-62)84(75)90)76-45-44-65(86(4,5)6)55-79(76)91(81)83-73(58-30-18-14-19-31-58)48-61(56-28-16-13-17-29-56)49-74(83)59-32-20-15-21-33-59/h13-55H,1-12H3. The Kier molecular flexibility index (Phi) is 13.6. The van der Waals surface area contributed by atoms with Crippen molar-refractivity contribution in [1.29, 1.82) is 0 Å². The third-order valence-corrected chi connectivity index (χ3v) is 19.6. The van der Waals surface area contributed by atoms with Crippen LogP contribution in [0.1, 0.15) is 105 Å². The van der Waals surface area contributed by atoms with Gasteiger partial charge in [0.25, 0.3) is 6.71 Å². The monoisotopic (exact) mass is 1170 g/mol. The first-order chi connectivity index (χ1) is 43.7. The lowest BCUT2D eigenvalue weighted by molar-refractivity contribution is 0.569. The van der Waals surface area contributed by atoms with Gasteiger partial charge in [-0.3, -0.25) is 0 Å². The van der Waals surface area contributed by atoms with Crippen molar-refractivity contribution in [2.24, 2.45) is 0 Å². The molecule has 444 valence electrons. The lowest BCUT2D eigenvalue weighted by Crippen LogP contribution is -2.60. The van der Waals surface area contributed by atoms with Crippen LogP contribution in [0.25, 0.3) is 105 Å². The molecule has 1 aromatic heterocycles. The molecule has 0 unspecified atom stereocenters. The average Bonchev–Trinajstić information content (AvgIpc) is 1.32. The van der Waals surface area contributed by atoms with Crippen LogP contribution < -0.4 is 21.3 Å². The SMILES string of the molecule is CC(C)(C)c1ccc(-c2cc3c4c(c2)c2ccccc2c2ccccc2c2ccccc2n4-c2cc(-c4cc(C(C)(C)C)cc(C(C)(C)C)c4)cc4c2B3c2ccc(C(C)(C)C)cc2N4c2c(-c3ccccc3)cc(-c3ccccc3)cc2-c2ccccc2)cc1. The van der Waals surface area contributed by atoms with Gasteiger partial charge in [0.05, 0.1) is 11.2 Å². The second-order valence-corrected chi connectivity index (χ2v) is 29.8. The number of hydrogen-bond donors (Lipinski definition) is 0. The van der Waals surface area contributed by atoms with E-state index in [0.717, 1.165) is 33.5 Å². The van der Waals surface area contributed by atoms with Crippen LogP contribution in [0.2, 0.25) is 0 Å². The van der Waals surface area contributed by atoms with E-state index in [1.807, 2.05) is 0 Å². The minimum Gasteiger partial charge on any atom is -0.310 e. The summed E-state index contributed by atoms with van der Waals surface area (Å²) in [5.74, 6) is 0. The molecule has 2 aliphatic rings. The summed E-state index contributed by atoms with van der Waals surface area (Å²) in [7, 11) is 0. The van der Waals surface area contributed by atoms with E-state index in [4.69, 9.17) is 0 Å². The largest absolute Gasteiger partial charge is 0.310 e. The summed E-state index contributed by atoms with van der Waals surface area (Å²) in [6.45, 7) is 28.0. The lowest BCUT2D eigenvalue weighted by Gasteiger charge is -2.43. The van der Waals surface area contributed by atoms with Crippen molar-refractivity contribution >= 4 is 83.5 Å². The molecule has 0 fully saturated rings. The molecule has 13 aromatic rings. The minimum atomic E-state index is -0.199. The second kappa shape index (κ2) is 21.5. The third kappa shape index (κ3) is 9.96. The molecular weight excluding hydrogens is 1100 g/mol. The highest BCUT2D eigenvalue weighted by atomic mass is 15.2. The summed E-state index contributed by atoms with van der Waals surface area (Å²) in [5.41, 5.74) is 27.5. The number of nitrogens with zero attached hydrogens (tertiary/aromatic N) is 2. The van der Waals surface area contributed by atoms with Gasteiger partial charge in [-0.2, -0.15) is 0 Å². The van der Waals surface area contributed by atoms with E-state index in [2.05, 4.69) is 353 Å². The maximum atomic E-state index is 2.73. The van der Waals surface area contributed by atoms with Gasteiger partial charge in [-0.25, -0.2) is 0 Å². The molecule has 0 spiro atoms. The summed E-state index contributed by atoms with van der Waals surface area (Å²) in [6, 6.07) is 100. The van der Waals surface area contributed by atoms with Gasteiger partial charge in [0.2, 0.25) is 0 Å². The Bertz CT molecular complexity index is 5020. The summed E-state index contributed by atoms with van der Waals surface area (Å²) in [5, 5.41) is 7.25. The zero-order valence-corrected chi connectivity index (χ0v) is 54.8. The van der Waals surface area contributed by atoms with Gasteiger partial charge in [0.1, 0.15) is 0 Å². The zero-order chi connectivity index (χ0) is 62.9. The second-order valence-electron chi connectivity index (χ2n) is 29.8. The van der Waals surface area contributed by atoms with Gasteiger partial charge >= 0.3 is 0 Å². The van der Waals surface area contributed by atoms with Gasteiger partial charge in [0, 0.05) is 44.5 Å². The van der Waals surface area contributed by atoms with Crippen molar-refractivity contribution in [2.45, 2.75) is 105 Å². The Morgan fingerprint density at radius 1 is 0.264 bits per heavy atom. The number of hydrogen-bond acceptors (Lipinski definition) is 1. The summed E-state index contributed by atoms with van der Waals surface area (Å²) in [6.07, 6.45) is 0. The van der Waals surface area contributed by atoms with Crippen molar-refractivity contribution in [1.82, 2.24) is 4.57 Å². The van der Waals surface area contributed by atoms with Crippen LogP contribution in [-0.2, 0) is 21.7 Å². The summed E-state index contributed by atoms with van der Waals surface area (Å²) < 4.78 is 2.71. The Hall–Kier alpha value is -9.70. The van der Waals surface area contributed by atoms with Crippen molar-refractivity contribution in [2.75, 3.05) is 4.90 Å². The average molecular weight is 1180 g/mol. The normalized spacial score (nSPS) is 13.0. The smallest absolute Gasteiger partial charge is 0.252 e. The Morgan fingerprint density at radius 3 is 1.22 bits per heavy atom. The van der Waals surface area contributed by atoms with Crippen LogP contribution >= 0.6 is 0 Å². The fourth-order valence-corrected chi connectivity index (χ4v) is 14.6. The molecule has 2 nitrogen and oxygen atoms in total. The van der Waals surface area contributed by atoms with E-state index in [-0.39, 0.29) is 28.4 Å². The molecule has 0 atom stereocenters. The van der Waals surface area contributed by atoms with E-state index in [0.29, 0.717) is 0 Å². The van der Waals surface area contributed by atoms with E-state index in [9.17, 15) is 0 Å². The lowest BCUT2D eigenvalue weighted by atomic mass is 9.33. The highest BCUT2D eigenvalue weighted by Gasteiger charge is 2.44. The predicted octanol–water partition coefficient (Wildman–Crippen LogP) is 22.4. The predicted molar refractivity (Wildman–Crippen MR) is 395 cm³/mol. The Morgan fingerprint density at radius 2 is 0.681 bits per heavy atom. The number of benzene rings is 12. The van der Waals surface area contributed by atoms with Crippen molar-refractivity contribution < 1.29 is 0 Å². The van der Waals surface area contributed by atoms with Gasteiger partial charge in [-0.1, -0.05) is 301 Å². The molecule has 0 aliphatic carbocycles. The molecule has 0 saturated carbocycles. The molecule has 0 saturated heterocycles. The van der Waals surface area contributed by atoms with Gasteiger partial charge in [-0.15, -0.1) is 0 Å². The molecule has 0 N–H and O–H groups in total. The van der Waals surface area contributed by atoms with Gasteiger partial charge in [-0.05, 0) is 169 Å². The van der Waals surface area contributed by atoms with Crippen LogP contribution in [0.5, 0.6) is 0 Å². The molecule has 2 aliphatic heterocycles. The highest BCUT2D eigenvalue weighted by Crippen LogP contribution is 2.52. The van der Waals surface area contributed by atoms with Gasteiger partial charge < -0.3 is 9.47 Å². The van der Waals surface area contributed by atoms with E-state index < -0.39 is 0 Å². The molecule has 12 aromatic carbocycles. The number of para-hydroxylation sites is 1. The number of anilines is 3. The zero-order valence-electron chi connectivity index (χ0n) is 54.8. The maximum absolute atomic E-state index is 2.73. The molecule has 0 amide bonds. The molecule has 0 radical (unpaired) electrons. The fourth-order valence-electron chi connectivity index (χ4n) is 14.6. The van der Waals surface area contributed by atoms with E-state index in [1.54, 1.807) is 0 Å². The number of rotatable bonds is 6. The van der Waals surface area contributed by atoms with Crippen molar-refractivity contribution in [3.8, 4) is 61.3 Å². The maximum Gasteiger partial charge on any atom is 0.252 e. The van der Waals surface area contributed by atoms with Crippen LogP contribution in [0.3, 0.4) is 0 Å². The number of aromatic nitrogens is 1. The Labute approximate surface area is 538 Å². The number of fused-ring (bicyclic) bond motifs is 11. The first-order valence-corrected chi connectivity index (χ1v) is 32.7. The van der Waals surface area contributed by atoms with Crippen molar-refractivity contribution in [3.63, 3.8) is 0 Å². The molecule has 0 bridgehead atoms. The highest BCUT2D eigenvalue weighted by molar-refractivity contribution is 7.00. The van der Waals surface area contributed by atoms with Crippen LogP contribution in [-0.4, -0.2) is 11.3 Å². The van der Waals surface area contributed by atoms with Crippen LogP contribution in [0.15, 0.2) is 261 Å².